The van der Waals surface area contributed by atoms with Gasteiger partial charge in [-0.1, -0.05) is 98.1 Å². The first kappa shape index (κ1) is 26.9. The number of aryl methyl sites for hydroxylation is 4. The minimum absolute atomic E-state index is 0. The van der Waals surface area contributed by atoms with Gasteiger partial charge in [0.1, 0.15) is 0 Å². The van der Waals surface area contributed by atoms with Gasteiger partial charge in [0.25, 0.3) is 0 Å². The Morgan fingerprint density at radius 2 is 0.943 bits per heavy atom. The molecule has 1 heteroatoms. The largest absolute Gasteiger partial charge is 4.00 e. The van der Waals surface area contributed by atoms with Crippen molar-refractivity contribution >= 4 is 43.1 Å². The molecule has 0 unspecified atom stereocenters. The molecule has 0 aliphatic carbocycles. The topological polar surface area (TPSA) is 0 Å². The summed E-state index contributed by atoms with van der Waals surface area (Å²) in [7, 11) is 0. The smallest absolute Gasteiger partial charge is 0.358 e. The van der Waals surface area contributed by atoms with Crippen molar-refractivity contribution in [3.63, 3.8) is 0 Å². The number of hydrogen-bond acceptors (Lipinski definition) is 0. The van der Waals surface area contributed by atoms with Gasteiger partial charge in [-0.15, -0.1) is 56.9 Å². The molecule has 0 N–H and O–H groups in total. The molecule has 0 aliphatic heterocycles. The molecule has 0 nitrogen and oxygen atoms in total. The van der Waals surface area contributed by atoms with E-state index < -0.39 is 0 Å². The van der Waals surface area contributed by atoms with Gasteiger partial charge >= 0.3 is 21.7 Å². The Morgan fingerprint density at radius 1 is 0.543 bits per heavy atom. The quantitative estimate of drug-likeness (QED) is 0.167. The van der Waals surface area contributed by atoms with Crippen molar-refractivity contribution in [1.29, 1.82) is 0 Å². The minimum atomic E-state index is 0. The summed E-state index contributed by atoms with van der Waals surface area (Å²) in [6, 6.07) is 31.7. The molecule has 174 valence electrons. The Hall–Kier alpha value is -2.67. The molecule has 0 aromatic heterocycles. The summed E-state index contributed by atoms with van der Waals surface area (Å²) in [6.45, 7) is 4.59. The normalized spacial score (nSPS) is 10.9. The first-order chi connectivity index (χ1) is 15.8. The van der Waals surface area contributed by atoms with Crippen molar-refractivity contribution in [3.05, 3.63) is 122 Å². The van der Waals surface area contributed by atoms with Crippen LogP contribution in [0, 0.1) is 14.9 Å². The molecule has 6 aromatic carbocycles. The van der Waals surface area contributed by atoms with Crippen LogP contribution in [0.15, 0.2) is 84.9 Å². The molecule has 0 fully saturated rings. The van der Waals surface area contributed by atoms with Crippen LogP contribution >= 0.6 is 0 Å². The molecule has 0 saturated heterocycles. The van der Waals surface area contributed by atoms with E-state index in [-0.39, 0.29) is 36.6 Å². The molecule has 0 heterocycles. The minimum Gasteiger partial charge on any atom is -0.358 e. The van der Waals surface area contributed by atoms with Crippen molar-refractivity contribution in [2.75, 3.05) is 0 Å². The van der Waals surface area contributed by atoms with Gasteiger partial charge in [-0.05, 0) is 23.6 Å². The SMILES string of the molecule is CCc1[cH-]c2ccc3ccccc3c2c1CCc1c(CC)[cH-]c2ccc3ccccc3c12.[CH3-].[CH3-].[Ti+4]. The second kappa shape index (κ2) is 10.9. The summed E-state index contributed by atoms with van der Waals surface area (Å²) in [5.74, 6) is 0. The second-order valence-corrected chi connectivity index (χ2v) is 9.01. The van der Waals surface area contributed by atoms with E-state index in [1.54, 1.807) is 11.1 Å². The van der Waals surface area contributed by atoms with Crippen LogP contribution in [0.2, 0.25) is 0 Å². The van der Waals surface area contributed by atoms with Crippen LogP contribution in [0.3, 0.4) is 0 Å². The summed E-state index contributed by atoms with van der Waals surface area (Å²) in [6.07, 6.45) is 4.36. The zero-order valence-corrected chi connectivity index (χ0v) is 23.0. The molecule has 0 bridgehead atoms. The molecule has 0 amide bonds. The molecule has 6 aromatic rings. The predicted octanol–water partition coefficient (Wildman–Crippen LogP) is 9.55. The summed E-state index contributed by atoms with van der Waals surface area (Å²) >= 11 is 0. The maximum absolute atomic E-state index is 2.43. The fourth-order valence-electron chi connectivity index (χ4n) is 5.81. The van der Waals surface area contributed by atoms with E-state index in [0.717, 1.165) is 25.7 Å². The third-order valence-corrected chi connectivity index (χ3v) is 7.35. The van der Waals surface area contributed by atoms with Crippen LogP contribution in [0.1, 0.15) is 36.1 Å². The number of fused-ring (bicyclic) bond motifs is 6. The van der Waals surface area contributed by atoms with Crippen LogP contribution in [-0.4, -0.2) is 0 Å². The van der Waals surface area contributed by atoms with E-state index in [2.05, 4.69) is 98.8 Å². The van der Waals surface area contributed by atoms with E-state index in [0.29, 0.717) is 0 Å². The van der Waals surface area contributed by atoms with E-state index in [1.807, 2.05) is 0 Å². The van der Waals surface area contributed by atoms with Crippen molar-refractivity contribution in [3.8, 4) is 0 Å². The van der Waals surface area contributed by atoms with Gasteiger partial charge in [-0.2, -0.15) is 11.1 Å². The van der Waals surface area contributed by atoms with E-state index >= 15 is 0 Å². The van der Waals surface area contributed by atoms with E-state index in [4.69, 9.17) is 0 Å². The van der Waals surface area contributed by atoms with Crippen LogP contribution < -0.4 is 0 Å². The fourth-order valence-corrected chi connectivity index (χ4v) is 5.81. The van der Waals surface area contributed by atoms with Gasteiger partial charge in [0.2, 0.25) is 0 Å². The molecule has 35 heavy (non-hydrogen) atoms. The Bertz CT molecular complexity index is 1470. The number of rotatable bonds is 5. The Labute approximate surface area is 225 Å². The van der Waals surface area contributed by atoms with Gasteiger partial charge < -0.3 is 14.9 Å². The maximum Gasteiger partial charge on any atom is 4.00 e. The predicted molar refractivity (Wildman–Crippen MR) is 153 cm³/mol. The van der Waals surface area contributed by atoms with Gasteiger partial charge in [0, 0.05) is 0 Å². The Balaban J connectivity index is 0.00000114. The third kappa shape index (κ3) is 4.39. The monoisotopic (exact) mass is 490 g/mol. The van der Waals surface area contributed by atoms with Crippen molar-refractivity contribution < 1.29 is 21.7 Å². The first-order valence-electron chi connectivity index (χ1n) is 12.0. The molecule has 0 aliphatic rings. The van der Waals surface area contributed by atoms with Gasteiger partial charge in [0.05, 0.1) is 0 Å². The molecular weight excluding hydrogens is 456 g/mol. The number of hydrogen-bond donors (Lipinski definition) is 0. The molecule has 0 radical (unpaired) electrons. The molecule has 0 saturated carbocycles. The zero-order chi connectivity index (χ0) is 21.7. The zero-order valence-electron chi connectivity index (χ0n) is 21.4. The Morgan fingerprint density at radius 3 is 1.34 bits per heavy atom. The summed E-state index contributed by atoms with van der Waals surface area (Å²) in [4.78, 5) is 0. The van der Waals surface area contributed by atoms with E-state index in [1.165, 1.54) is 54.2 Å². The first-order valence-corrected chi connectivity index (χ1v) is 12.0. The fraction of sp³-hybridized carbons (Fsp3) is 0.176. The van der Waals surface area contributed by atoms with Gasteiger partial charge in [0.15, 0.2) is 0 Å². The average Bonchev–Trinajstić information content (AvgIpc) is 3.40. The summed E-state index contributed by atoms with van der Waals surface area (Å²) in [5, 5.41) is 11.2. The molecule has 0 spiro atoms. The van der Waals surface area contributed by atoms with Crippen molar-refractivity contribution in [2.24, 2.45) is 0 Å². The van der Waals surface area contributed by atoms with Crippen molar-refractivity contribution in [2.45, 2.75) is 39.5 Å². The number of benzene rings is 4. The summed E-state index contributed by atoms with van der Waals surface area (Å²) < 4.78 is 0. The van der Waals surface area contributed by atoms with Crippen LogP contribution in [-0.2, 0) is 47.4 Å². The van der Waals surface area contributed by atoms with Crippen LogP contribution in [0.25, 0.3) is 43.1 Å². The van der Waals surface area contributed by atoms with Crippen LogP contribution in [0.5, 0.6) is 0 Å². The maximum atomic E-state index is 2.43. The third-order valence-electron chi connectivity index (χ3n) is 7.35. The van der Waals surface area contributed by atoms with Crippen molar-refractivity contribution in [1.82, 2.24) is 0 Å². The van der Waals surface area contributed by atoms with Crippen LogP contribution in [0.4, 0.5) is 0 Å². The van der Waals surface area contributed by atoms with Gasteiger partial charge in [-0.25, -0.2) is 0 Å². The standard InChI is InChI=1S/C32H28.2CH3.Ti/c1-3-21-19-25-15-13-23-9-5-7-11-27(23)31(25)29(21)17-18-30-22(4-2)20-26-16-14-24-10-6-8-12-28(24)32(26)30;;;/h5-16,19-20H,3-4,17-18H2,1-2H3;2*1H3;/q-2;2*-1;+4. The molecule has 6 rings (SSSR count). The van der Waals surface area contributed by atoms with Gasteiger partial charge in [-0.3, -0.25) is 0 Å². The second-order valence-electron chi connectivity index (χ2n) is 9.01. The summed E-state index contributed by atoms with van der Waals surface area (Å²) in [5.41, 5.74) is 6.12. The molecule has 0 atom stereocenters. The van der Waals surface area contributed by atoms with E-state index in [9.17, 15) is 0 Å². The Kier molecular flexibility index (Phi) is 8.42. The molecular formula is C34H34Ti. The average molecular weight is 491 g/mol.